The van der Waals surface area contributed by atoms with E-state index in [4.69, 9.17) is 20.8 Å². The van der Waals surface area contributed by atoms with Gasteiger partial charge in [-0.25, -0.2) is 0 Å². The van der Waals surface area contributed by atoms with Gasteiger partial charge in [0.15, 0.2) is 5.43 Å². The molecule has 0 saturated carbocycles. The van der Waals surface area contributed by atoms with Gasteiger partial charge in [-0.05, 0) is 56.9 Å². The molecule has 1 aliphatic rings. The van der Waals surface area contributed by atoms with Crippen LogP contribution >= 0.6 is 11.6 Å². The van der Waals surface area contributed by atoms with Crippen molar-refractivity contribution in [2.45, 2.75) is 12.5 Å². The average molecular weight is 427 g/mol. The second-order valence-corrected chi connectivity index (χ2v) is 8.08. The smallest absolute Gasteiger partial charge is 0.290 e. The minimum atomic E-state index is -0.505. The highest BCUT2D eigenvalue weighted by atomic mass is 35.5. The molecule has 156 valence electrons. The lowest BCUT2D eigenvalue weighted by Gasteiger charge is -2.25. The summed E-state index contributed by atoms with van der Waals surface area (Å²) in [6, 6.07) is 11.8. The lowest BCUT2D eigenvalue weighted by atomic mass is 9.98. The number of methoxy groups -OCH3 is 1. The van der Waals surface area contributed by atoms with Crippen molar-refractivity contribution in [3.63, 3.8) is 0 Å². The van der Waals surface area contributed by atoms with E-state index < -0.39 is 6.04 Å². The van der Waals surface area contributed by atoms with Crippen LogP contribution in [0.2, 0.25) is 5.02 Å². The molecule has 7 heteroatoms. The summed E-state index contributed by atoms with van der Waals surface area (Å²) in [5, 5.41) is 1.02. The van der Waals surface area contributed by atoms with Crippen LogP contribution in [0.3, 0.4) is 0 Å². The zero-order valence-electron chi connectivity index (χ0n) is 17.1. The van der Waals surface area contributed by atoms with Gasteiger partial charge in [-0.3, -0.25) is 9.59 Å². The molecule has 0 saturated heterocycles. The number of amides is 1. The zero-order chi connectivity index (χ0) is 21.4. The van der Waals surface area contributed by atoms with Crippen LogP contribution in [0.1, 0.15) is 34.1 Å². The maximum absolute atomic E-state index is 13.4. The first-order valence-corrected chi connectivity index (χ1v) is 10.1. The molecule has 3 aromatic rings. The van der Waals surface area contributed by atoms with Crippen molar-refractivity contribution in [1.29, 1.82) is 0 Å². The molecule has 0 aliphatic carbocycles. The largest absolute Gasteiger partial charge is 0.497 e. The molecule has 0 bridgehead atoms. The molecule has 1 atom stereocenters. The Morgan fingerprint density at radius 3 is 2.53 bits per heavy atom. The lowest BCUT2D eigenvalue weighted by Crippen LogP contribution is -2.32. The van der Waals surface area contributed by atoms with Crippen molar-refractivity contribution in [3.8, 4) is 5.75 Å². The highest BCUT2D eigenvalue weighted by Crippen LogP contribution is 2.38. The molecule has 0 N–H and O–H groups in total. The molecule has 0 unspecified atom stereocenters. The Hall–Kier alpha value is -2.83. The highest BCUT2D eigenvalue weighted by Gasteiger charge is 2.42. The topological polar surface area (TPSA) is 63.0 Å². The molecule has 4 rings (SSSR count). The summed E-state index contributed by atoms with van der Waals surface area (Å²) in [4.78, 5) is 30.5. The molecule has 0 radical (unpaired) electrons. The quantitative estimate of drug-likeness (QED) is 0.597. The van der Waals surface area contributed by atoms with Gasteiger partial charge in [0.2, 0.25) is 5.76 Å². The maximum Gasteiger partial charge on any atom is 0.290 e. The fraction of sp³-hybridized carbons (Fsp3) is 0.304. The van der Waals surface area contributed by atoms with Gasteiger partial charge in [-0.2, -0.15) is 0 Å². The number of ether oxygens (including phenoxy) is 1. The van der Waals surface area contributed by atoms with Gasteiger partial charge < -0.3 is 19.0 Å². The van der Waals surface area contributed by atoms with Gasteiger partial charge in [0.25, 0.3) is 5.91 Å². The molecule has 1 amide bonds. The normalized spacial score (nSPS) is 15.8. The van der Waals surface area contributed by atoms with E-state index in [1.807, 2.05) is 26.2 Å². The van der Waals surface area contributed by atoms with E-state index in [9.17, 15) is 9.59 Å². The molecule has 1 aliphatic heterocycles. The first-order valence-electron chi connectivity index (χ1n) is 9.76. The van der Waals surface area contributed by atoms with Crippen LogP contribution in [0.15, 0.2) is 51.7 Å². The van der Waals surface area contributed by atoms with E-state index >= 15 is 0 Å². The van der Waals surface area contributed by atoms with Gasteiger partial charge in [0.1, 0.15) is 11.3 Å². The standard InChI is InChI=1S/C23H23ClN2O4/c1-25(2)11-4-12-26-20(14-5-7-15(24)8-6-14)19-21(27)17-10-9-16(29-3)13-18(17)30-22(19)23(26)28/h5-10,13,20H,4,11-12H2,1-3H3/t20-/m1/s1. The molecule has 6 nitrogen and oxygen atoms in total. The third kappa shape index (κ3) is 3.57. The van der Waals surface area contributed by atoms with Crippen molar-refractivity contribution in [3.05, 3.63) is 74.6 Å². The SMILES string of the molecule is COc1ccc2c(=O)c3c(oc2c1)C(=O)N(CCCN(C)C)[C@@H]3c1ccc(Cl)cc1. The summed E-state index contributed by atoms with van der Waals surface area (Å²) in [6.45, 7) is 1.33. The fourth-order valence-corrected chi connectivity index (χ4v) is 4.03. The number of carbonyl (C=O) groups is 1. The number of hydrogen-bond acceptors (Lipinski definition) is 5. The predicted octanol–water partition coefficient (Wildman–Crippen LogP) is 3.95. The second kappa shape index (κ2) is 8.13. The molecule has 30 heavy (non-hydrogen) atoms. The minimum Gasteiger partial charge on any atom is -0.497 e. The Bertz CT molecular complexity index is 1150. The number of carbonyl (C=O) groups excluding carboxylic acids is 1. The fourth-order valence-electron chi connectivity index (χ4n) is 3.91. The number of fused-ring (bicyclic) bond motifs is 2. The Morgan fingerprint density at radius 1 is 1.13 bits per heavy atom. The number of benzene rings is 2. The average Bonchev–Trinajstić information content (AvgIpc) is 3.00. The predicted molar refractivity (Wildman–Crippen MR) is 117 cm³/mol. The van der Waals surface area contributed by atoms with Crippen molar-refractivity contribution in [2.75, 3.05) is 34.3 Å². The Kier molecular flexibility index (Phi) is 5.54. The van der Waals surface area contributed by atoms with E-state index in [1.54, 1.807) is 42.3 Å². The molecule has 1 aromatic heterocycles. The molecular weight excluding hydrogens is 404 g/mol. The molecule has 0 fully saturated rings. The first-order chi connectivity index (χ1) is 14.4. The molecule has 0 spiro atoms. The van der Waals surface area contributed by atoms with Gasteiger partial charge in [0, 0.05) is 17.6 Å². The monoisotopic (exact) mass is 426 g/mol. The van der Waals surface area contributed by atoms with Crippen molar-refractivity contribution in [2.24, 2.45) is 0 Å². The van der Waals surface area contributed by atoms with Crippen LogP contribution in [0, 0.1) is 0 Å². The molecule has 2 heterocycles. The van der Waals surface area contributed by atoms with Crippen LogP contribution in [0.5, 0.6) is 5.75 Å². The number of rotatable bonds is 6. The molecule has 2 aromatic carbocycles. The van der Waals surface area contributed by atoms with Crippen LogP contribution in [0.25, 0.3) is 11.0 Å². The summed E-state index contributed by atoms with van der Waals surface area (Å²) in [7, 11) is 5.52. The van der Waals surface area contributed by atoms with E-state index in [1.165, 1.54) is 0 Å². The number of halogens is 1. The third-order valence-corrected chi connectivity index (χ3v) is 5.62. The lowest BCUT2D eigenvalue weighted by molar-refractivity contribution is 0.0722. The minimum absolute atomic E-state index is 0.102. The van der Waals surface area contributed by atoms with Gasteiger partial charge in [0.05, 0.1) is 24.1 Å². The Morgan fingerprint density at radius 2 is 1.87 bits per heavy atom. The van der Waals surface area contributed by atoms with Crippen LogP contribution in [0.4, 0.5) is 0 Å². The van der Waals surface area contributed by atoms with Crippen LogP contribution < -0.4 is 10.2 Å². The van der Waals surface area contributed by atoms with Crippen LogP contribution in [-0.4, -0.2) is 50.0 Å². The van der Waals surface area contributed by atoms with E-state index in [-0.39, 0.29) is 17.1 Å². The van der Waals surface area contributed by atoms with Crippen molar-refractivity contribution >= 4 is 28.5 Å². The van der Waals surface area contributed by atoms with Crippen molar-refractivity contribution < 1.29 is 13.9 Å². The van der Waals surface area contributed by atoms with Gasteiger partial charge >= 0.3 is 0 Å². The van der Waals surface area contributed by atoms with Crippen molar-refractivity contribution in [1.82, 2.24) is 9.80 Å². The Labute approximate surface area is 179 Å². The van der Waals surface area contributed by atoms with Gasteiger partial charge in [-0.15, -0.1) is 0 Å². The molecular formula is C23H23ClN2O4. The summed E-state index contributed by atoms with van der Waals surface area (Å²) in [5.41, 5.74) is 1.36. The first kappa shape index (κ1) is 20.4. The zero-order valence-corrected chi connectivity index (χ0v) is 17.9. The summed E-state index contributed by atoms with van der Waals surface area (Å²) >= 11 is 6.06. The van der Waals surface area contributed by atoms with E-state index in [0.717, 1.165) is 18.5 Å². The van der Waals surface area contributed by atoms with E-state index in [2.05, 4.69) is 4.90 Å². The number of nitrogens with zero attached hydrogens (tertiary/aromatic N) is 2. The summed E-state index contributed by atoms with van der Waals surface area (Å²) in [6.07, 6.45) is 0.776. The van der Waals surface area contributed by atoms with E-state index in [0.29, 0.717) is 33.8 Å². The number of hydrogen-bond donors (Lipinski definition) is 0. The maximum atomic E-state index is 13.4. The third-order valence-electron chi connectivity index (χ3n) is 5.36. The van der Waals surface area contributed by atoms with Gasteiger partial charge in [-0.1, -0.05) is 23.7 Å². The summed E-state index contributed by atoms with van der Waals surface area (Å²) in [5.74, 6) is 0.393. The second-order valence-electron chi connectivity index (χ2n) is 7.65. The summed E-state index contributed by atoms with van der Waals surface area (Å²) < 4.78 is 11.2. The Balaban J connectivity index is 1.87. The van der Waals surface area contributed by atoms with Crippen LogP contribution in [-0.2, 0) is 0 Å². The highest BCUT2D eigenvalue weighted by molar-refractivity contribution is 6.30.